The van der Waals surface area contributed by atoms with Gasteiger partial charge in [0.1, 0.15) is 12.4 Å². The molecule has 0 saturated heterocycles. The number of nitrogens with one attached hydrogen (secondary N) is 1. The molecule has 1 saturated carbocycles. The van der Waals surface area contributed by atoms with E-state index in [0.717, 1.165) is 24.4 Å². The van der Waals surface area contributed by atoms with Crippen LogP contribution in [0, 0.1) is 11.7 Å². The summed E-state index contributed by atoms with van der Waals surface area (Å²) >= 11 is 0. The Bertz CT molecular complexity index is 992. The van der Waals surface area contributed by atoms with Crippen molar-refractivity contribution >= 4 is 23.6 Å². The molecule has 1 aliphatic heterocycles. The molecule has 1 aromatic carbocycles. The monoisotopic (exact) mass is 384 g/mol. The minimum Gasteiger partial charge on any atom is -0.328 e. The van der Waals surface area contributed by atoms with Crippen molar-refractivity contribution in [1.82, 2.24) is 14.9 Å². The Morgan fingerprint density at radius 3 is 2.68 bits per heavy atom. The van der Waals surface area contributed by atoms with Gasteiger partial charge in [-0.3, -0.25) is 14.9 Å². The molecule has 8 heteroatoms. The Morgan fingerprint density at radius 2 is 2.07 bits per heavy atom. The summed E-state index contributed by atoms with van der Waals surface area (Å²) in [5, 5.41) is 2.46. The maximum absolute atomic E-state index is 13.6. The fourth-order valence-electron chi connectivity index (χ4n) is 3.90. The van der Waals surface area contributed by atoms with Crippen molar-refractivity contribution in [3.05, 3.63) is 59.7 Å². The molecule has 28 heavy (non-hydrogen) atoms. The van der Waals surface area contributed by atoms with E-state index >= 15 is 0 Å². The molecular formula is C20H18F2N4O2. The number of fused-ring (bicyclic) bond motifs is 2. The van der Waals surface area contributed by atoms with Crippen molar-refractivity contribution in [2.45, 2.75) is 18.8 Å². The summed E-state index contributed by atoms with van der Waals surface area (Å²) < 4.78 is 26.4. The maximum Gasteiger partial charge on any atom is 0.254 e. The van der Waals surface area contributed by atoms with Gasteiger partial charge in [-0.15, -0.1) is 0 Å². The zero-order valence-corrected chi connectivity index (χ0v) is 15.2. The minimum atomic E-state index is -0.610. The minimum absolute atomic E-state index is 0.0307. The molecule has 1 N–H and O–H groups in total. The van der Waals surface area contributed by atoms with Gasteiger partial charge in [-0.25, -0.2) is 18.7 Å². The van der Waals surface area contributed by atoms with E-state index in [-0.39, 0.29) is 23.8 Å². The lowest BCUT2D eigenvalue weighted by molar-refractivity contribution is -0.117. The second kappa shape index (κ2) is 6.47. The fraction of sp³-hybridized carbons (Fsp3) is 0.300. The molecule has 6 nitrogen and oxygen atoms in total. The molecule has 1 aliphatic carbocycles. The quantitative estimate of drug-likeness (QED) is 0.880. The van der Waals surface area contributed by atoms with E-state index in [1.807, 2.05) is 0 Å². The van der Waals surface area contributed by atoms with Gasteiger partial charge in [0, 0.05) is 23.1 Å². The Morgan fingerprint density at radius 1 is 1.39 bits per heavy atom. The van der Waals surface area contributed by atoms with E-state index in [1.165, 1.54) is 11.0 Å². The normalized spacial score (nSPS) is 22.8. The average molecular weight is 384 g/mol. The predicted octanol–water partition coefficient (Wildman–Crippen LogP) is 2.93. The van der Waals surface area contributed by atoms with Gasteiger partial charge in [-0.2, -0.15) is 0 Å². The van der Waals surface area contributed by atoms with Crippen molar-refractivity contribution in [3.8, 4) is 0 Å². The smallest absolute Gasteiger partial charge is 0.254 e. The van der Waals surface area contributed by atoms with E-state index in [9.17, 15) is 18.4 Å². The molecule has 2 atom stereocenters. The average Bonchev–Trinajstić information content (AvgIpc) is 3.30. The van der Waals surface area contributed by atoms with Crippen molar-refractivity contribution in [1.29, 1.82) is 0 Å². The van der Waals surface area contributed by atoms with Crippen LogP contribution < -0.4 is 5.32 Å². The zero-order chi connectivity index (χ0) is 20.1. The Kier molecular flexibility index (Phi) is 4.21. The van der Waals surface area contributed by atoms with Gasteiger partial charge < -0.3 is 4.90 Å². The number of hydrogen-bond donors (Lipinski definition) is 1. The molecule has 144 valence electrons. The Balaban J connectivity index is 1.57. The molecule has 2 aromatic rings. The van der Waals surface area contributed by atoms with Crippen LogP contribution in [0.5, 0.6) is 0 Å². The van der Waals surface area contributed by atoms with Crippen LogP contribution in [0.4, 0.5) is 14.7 Å². The Hall–Kier alpha value is -3.16. The van der Waals surface area contributed by atoms with Crippen LogP contribution in [-0.2, 0) is 10.2 Å². The fourth-order valence-corrected chi connectivity index (χ4v) is 3.90. The lowest BCUT2D eigenvalue weighted by Gasteiger charge is -2.35. The number of nitrogens with zero attached hydrogens (tertiary/aromatic N) is 3. The lowest BCUT2D eigenvalue weighted by Crippen LogP contribution is -2.47. The van der Waals surface area contributed by atoms with Crippen LogP contribution in [0.15, 0.2) is 37.2 Å². The van der Waals surface area contributed by atoms with Crippen LogP contribution in [0.2, 0.25) is 0 Å². The summed E-state index contributed by atoms with van der Waals surface area (Å²) in [5.74, 6) is -1.63. The van der Waals surface area contributed by atoms with Gasteiger partial charge >= 0.3 is 0 Å². The molecule has 4 rings (SSSR count). The van der Waals surface area contributed by atoms with E-state index in [4.69, 9.17) is 0 Å². The topological polar surface area (TPSA) is 75.2 Å². The highest BCUT2D eigenvalue weighted by Crippen LogP contribution is 2.57. The number of rotatable bonds is 4. The van der Waals surface area contributed by atoms with Gasteiger partial charge in [-0.1, -0.05) is 19.6 Å². The van der Waals surface area contributed by atoms with E-state index in [2.05, 4.69) is 28.8 Å². The van der Waals surface area contributed by atoms with Crippen LogP contribution in [0.25, 0.3) is 5.83 Å². The van der Waals surface area contributed by atoms with Crippen LogP contribution in [0.3, 0.4) is 0 Å². The summed E-state index contributed by atoms with van der Waals surface area (Å²) in [6.45, 7) is 5.60. The highest BCUT2D eigenvalue weighted by atomic mass is 19.1. The third kappa shape index (κ3) is 3.04. The number of carbonyl (C=O) groups excluding carboxylic acids is 2. The largest absolute Gasteiger partial charge is 0.328 e. The number of anilines is 1. The van der Waals surface area contributed by atoms with E-state index < -0.39 is 17.6 Å². The maximum atomic E-state index is 13.6. The molecule has 1 spiro atoms. The molecule has 1 unspecified atom stereocenters. The molecular weight excluding hydrogens is 366 g/mol. The number of halogens is 2. The van der Waals surface area contributed by atoms with Gasteiger partial charge in [0.2, 0.25) is 11.9 Å². The predicted molar refractivity (Wildman–Crippen MR) is 98.6 cm³/mol. The molecule has 0 bridgehead atoms. The molecule has 2 aliphatic rings. The first-order chi connectivity index (χ1) is 13.3. The van der Waals surface area contributed by atoms with Crippen LogP contribution >= 0.6 is 0 Å². The summed E-state index contributed by atoms with van der Waals surface area (Å²) in [4.78, 5) is 34.1. The second-order valence-corrected chi connectivity index (χ2v) is 7.36. The summed E-state index contributed by atoms with van der Waals surface area (Å²) in [7, 11) is 0. The molecule has 2 heterocycles. The summed E-state index contributed by atoms with van der Waals surface area (Å²) in [5.41, 5.74) is 1.39. The molecule has 1 fully saturated rings. The van der Waals surface area contributed by atoms with Crippen molar-refractivity contribution in [3.63, 3.8) is 0 Å². The van der Waals surface area contributed by atoms with Crippen LogP contribution in [-0.4, -0.2) is 39.8 Å². The summed E-state index contributed by atoms with van der Waals surface area (Å²) in [6.07, 6.45) is 2.75. The zero-order valence-electron chi connectivity index (χ0n) is 15.2. The lowest BCUT2D eigenvalue weighted by atomic mass is 9.83. The van der Waals surface area contributed by atoms with Gasteiger partial charge in [0.15, 0.2) is 5.82 Å². The standard InChI is InChI=1S/C20H18F2N4O2/c1-11-6-20(11)10-26(9-17(27)25-19-23-7-14(22)8-24-19)18(28)15-4-3-13(12(2)21)5-16(15)20/h3-5,7-8,11H,2,6,9-10H2,1H3,(H,23,24,25,27)/t11?,20-/m1/s1. The van der Waals surface area contributed by atoms with Gasteiger partial charge in [0.25, 0.3) is 5.91 Å². The van der Waals surface area contributed by atoms with Gasteiger partial charge in [0.05, 0.1) is 12.4 Å². The van der Waals surface area contributed by atoms with E-state index in [1.54, 1.807) is 12.1 Å². The highest BCUT2D eigenvalue weighted by molar-refractivity contribution is 6.01. The first kappa shape index (κ1) is 18.2. The summed E-state index contributed by atoms with van der Waals surface area (Å²) in [6, 6.07) is 4.82. The second-order valence-electron chi connectivity index (χ2n) is 7.36. The number of carbonyl (C=O) groups is 2. The number of hydrogen-bond acceptors (Lipinski definition) is 4. The molecule has 2 amide bonds. The van der Waals surface area contributed by atoms with Crippen molar-refractivity contribution < 1.29 is 18.4 Å². The van der Waals surface area contributed by atoms with Crippen LogP contribution in [0.1, 0.15) is 34.8 Å². The van der Waals surface area contributed by atoms with Gasteiger partial charge in [-0.05, 0) is 30.0 Å². The molecule has 0 radical (unpaired) electrons. The van der Waals surface area contributed by atoms with E-state index in [0.29, 0.717) is 23.6 Å². The first-order valence-corrected chi connectivity index (χ1v) is 8.86. The third-order valence-corrected chi connectivity index (χ3v) is 5.52. The van der Waals surface area contributed by atoms with Crippen molar-refractivity contribution in [2.24, 2.45) is 5.92 Å². The number of benzene rings is 1. The highest BCUT2D eigenvalue weighted by Gasteiger charge is 2.57. The SMILES string of the molecule is C=C(F)c1ccc2c(c1)[C@]1(CC1C)CN(CC(=O)Nc1ncc(F)cn1)C2=O. The third-order valence-electron chi connectivity index (χ3n) is 5.52. The molecule has 1 aromatic heterocycles. The first-order valence-electron chi connectivity index (χ1n) is 8.86. The number of aromatic nitrogens is 2. The van der Waals surface area contributed by atoms with Crippen molar-refractivity contribution in [2.75, 3.05) is 18.4 Å². The number of amides is 2. The Labute approximate surface area is 160 Å².